The number of ether oxygens (including phenoxy) is 2. The molecule has 0 fully saturated rings. The van der Waals surface area contributed by atoms with E-state index in [1.165, 1.54) is 83.5 Å². The van der Waals surface area contributed by atoms with Gasteiger partial charge in [-0.1, -0.05) is 160 Å². The van der Waals surface area contributed by atoms with Gasteiger partial charge in [-0.3, -0.25) is 9.59 Å². The molecule has 1 atom stereocenters. The minimum Gasteiger partial charge on any atom is -0.463 e. The Kier molecular flexibility index (Phi) is 27.5. The second kappa shape index (κ2) is 35.9. The maximum Gasteiger partial charge on any atom is 0.305 e. The van der Waals surface area contributed by atoms with Crippen molar-refractivity contribution in [2.75, 3.05) is 13.1 Å². The first-order chi connectivity index (χ1) is 23.4. The Labute approximate surface area is 280 Å². The number of unbranched alkanes of at least 4 members (excludes halogenated alkanes) is 22. The molecule has 0 amide bonds. The van der Waals surface area contributed by atoms with E-state index in [-0.39, 0.29) is 12.8 Å². The van der Waals surface area contributed by atoms with E-state index in [1.807, 2.05) is 0 Å². The summed E-state index contributed by atoms with van der Waals surface area (Å²) in [5.41, 5.74) is 0. The van der Waals surface area contributed by atoms with Crippen LogP contribution in [0.2, 0.25) is 0 Å². The highest BCUT2D eigenvalue weighted by Gasteiger charge is 2.12. The average molecular weight is 626 g/mol. The van der Waals surface area contributed by atoms with E-state index < -0.39 is 31.1 Å². The van der Waals surface area contributed by atoms with Gasteiger partial charge in [-0.2, -0.15) is 0 Å². The van der Waals surface area contributed by atoms with Gasteiger partial charge in [0.2, 0.25) is 0 Å². The number of carbonyl (C=O) groups excluding carboxylic acids is 2. The maximum atomic E-state index is 12.3. The Morgan fingerprint density at radius 1 is 0.545 bits per heavy atom. The molecule has 0 heterocycles. The molecule has 0 radical (unpaired) electrons. The zero-order chi connectivity index (χ0) is 36.7. The first-order valence-corrected chi connectivity index (χ1v) is 18.4. The molecule has 44 heavy (non-hydrogen) atoms. The highest BCUT2D eigenvalue weighted by atomic mass is 16.6. The van der Waals surface area contributed by atoms with Crippen LogP contribution in [0.5, 0.6) is 0 Å². The summed E-state index contributed by atoms with van der Waals surface area (Å²) in [5, 5.41) is 10.4. The van der Waals surface area contributed by atoms with E-state index in [2.05, 4.69) is 38.2 Å². The average Bonchev–Trinajstić information content (AvgIpc) is 3.04. The van der Waals surface area contributed by atoms with E-state index >= 15 is 0 Å². The summed E-state index contributed by atoms with van der Waals surface area (Å²) >= 11 is 0. The monoisotopic (exact) mass is 626 g/mol. The standard InChI is InChI=1S/C39H72O5/c1-3-5-7-9-11-13-15-17-19-21-23-25-27-29-31-33-38(41)43-35-37(40)36-44-39(42)34-32-30-28-26-24-22-20-18-16-14-12-10-8-6-4-2/h11,13,17,19,37,40H,3-10,12,14-16,18,20-36H2,1-2H3/b13-11-,19-17-/t37-/m1/s1/i35D2,36D2,37D. The third-order valence-electron chi connectivity index (χ3n) is 7.84. The van der Waals surface area contributed by atoms with Crippen LogP contribution in [0.1, 0.15) is 200 Å². The molecular formula is C39H72O5. The van der Waals surface area contributed by atoms with Crippen molar-refractivity contribution >= 4 is 11.9 Å². The van der Waals surface area contributed by atoms with Crippen molar-refractivity contribution in [1.82, 2.24) is 0 Å². The third kappa shape index (κ3) is 34.9. The smallest absolute Gasteiger partial charge is 0.305 e. The lowest BCUT2D eigenvalue weighted by Gasteiger charge is -2.12. The lowest BCUT2D eigenvalue weighted by atomic mass is 10.0. The van der Waals surface area contributed by atoms with Gasteiger partial charge >= 0.3 is 11.9 Å². The van der Waals surface area contributed by atoms with Gasteiger partial charge in [0.25, 0.3) is 0 Å². The van der Waals surface area contributed by atoms with Crippen molar-refractivity contribution in [2.45, 2.75) is 200 Å². The number of rotatable bonds is 34. The molecule has 0 aliphatic carbocycles. The maximum absolute atomic E-state index is 12.3. The number of aliphatic hydroxyl groups is 1. The molecule has 258 valence electrons. The van der Waals surface area contributed by atoms with Crippen molar-refractivity contribution in [3.05, 3.63) is 24.3 Å². The minimum atomic E-state index is -3.65. The molecule has 0 saturated carbocycles. The molecule has 0 aromatic heterocycles. The van der Waals surface area contributed by atoms with Gasteiger partial charge in [0.15, 0.2) is 0 Å². The van der Waals surface area contributed by atoms with Crippen molar-refractivity contribution in [3.63, 3.8) is 0 Å². The SMILES string of the molecule is [2H]C([2H])(OC(=O)CCCCCCC/C=C\C/C=C\CCCCC)[C@@]([2H])(O)C([2H])([2H])OC(=O)CCCCCCCCCCCCCCCCC. The Hall–Kier alpha value is -1.62. The van der Waals surface area contributed by atoms with Crippen LogP contribution in [-0.2, 0) is 19.1 Å². The fourth-order valence-corrected chi connectivity index (χ4v) is 5.05. The first kappa shape index (κ1) is 33.7. The zero-order valence-corrected chi connectivity index (χ0v) is 28.7. The minimum absolute atomic E-state index is 0.108. The number of hydrogen-bond donors (Lipinski definition) is 1. The lowest BCUT2D eigenvalue weighted by molar-refractivity contribution is -0.152. The molecule has 0 aliphatic heterocycles. The molecule has 1 N–H and O–H groups in total. The van der Waals surface area contributed by atoms with Gasteiger partial charge in [0.1, 0.15) is 19.2 Å². The number of allylic oxidation sites excluding steroid dienone is 4. The van der Waals surface area contributed by atoms with Crippen molar-refractivity contribution in [3.8, 4) is 0 Å². The Bertz CT molecular complexity index is 876. The summed E-state index contributed by atoms with van der Waals surface area (Å²) in [6.07, 6.45) is 33.5. The van der Waals surface area contributed by atoms with Crippen molar-refractivity contribution in [1.29, 1.82) is 0 Å². The molecular weight excluding hydrogens is 548 g/mol. The summed E-state index contributed by atoms with van der Waals surface area (Å²) < 4.78 is 49.0. The number of hydrogen-bond acceptors (Lipinski definition) is 5. The summed E-state index contributed by atoms with van der Waals surface area (Å²) in [6, 6.07) is 0. The normalized spacial score (nSPS) is 15.4. The Morgan fingerprint density at radius 2 is 0.864 bits per heavy atom. The predicted octanol–water partition coefficient (Wildman–Crippen LogP) is 11.5. The molecule has 0 spiro atoms. The Morgan fingerprint density at radius 3 is 1.27 bits per heavy atom. The van der Waals surface area contributed by atoms with Crippen molar-refractivity contribution in [2.24, 2.45) is 0 Å². The molecule has 0 saturated heterocycles. The lowest BCUT2D eigenvalue weighted by Crippen LogP contribution is -2.25. The van der Waals surface area contributed by atoms with Gasteiger partial charge in [-0.05, 0) is 44.9 Å². The summed E-state index contributed by atoms with van der Waals surface area (Å²) in [4.78, 5) is 24.5. The van der Waals surface area contributed by atoms with E-state index in [9.17, 15) is 14.7 Å². The first-order valence-electron chi connectivity index (χ1n) is 20.9. The highest BCUT2D eigenvalue weighted by molar-refractivity contribution is 5.69. The van der Waals surface area contributed by atoms with Crippen LogP contribution in [-0.4, -0.2) is 36.2 Å². The summed E-state index contributed by atoms with van der Waals surface area (Å²) in [6.45, 7) is -2.41. The van der Waals surface area contributed by atoms with Gasteiger partial charge < -0.3 is 14.6 Å². The van der Waals surface area contributed by atoms with Gasteiger partial charge in [-0.25, -0.2) is 0 Å². The summed E-state index contributed by atoms with van der Waals surface area (Å²) in [5.74, 6) is -1.96. The van der Waals surface area contributed by atoms with E-state index in [1.54, 1.807) is 0 Å². The fraction of sp³-hybridized carbons (Fsp3) is 0.846. The molecule has 0 rings (SSSR count). The third-order valence-corrected chi connectivity index (χ3v) is 7.84. The van der Waals surface area contributed by atoms with Crippen LogP contribution in [0.3, 0.4) is 0 Å². The highest BCUT2D eigenvalue weighted by Crippen LogP contribution is 2.14. The van der Waals surface area contributed by atoms with Gasteiger partial charge in [0, 0.05) is 12.8 Å². The van der Waals surface area contributed by atoms with Crippen LogP contribution < -0.4 is 0 Å². The molecule has 5 nitrogen and oxygen atoms in total. The second-order valence-electron chi connectivity index (χ2n) is 12.2. The van der Waals surface area contributed by atoms with Gasteiger partial charge in [-0.15, -0.1) is 0 Å². The van der Waals surface area contributed by atoms with Crippen LogP contribution in [0.15, 0.2) is 24.3 Å². The fourth-order valence-electron chi connectivity index (χ4n) is 5.05. The zero-order valence-electron chi connectivity index (χ0n) is 33.7. The quantitative estimate of drug-likeness (QED) is 0.0437. The van der Waals surface area contributed by atoms with E-state index in [4.69, 9.17) is 16.3 Å². The van der Waals surface area contributed by atoms with E-state index in [0.717, 1.165) is 70.6 Å². The van der Waals surface area contributed by atoms with Crippen LogP contribution in [0.4, 0.5) is 0 Å². The molecule has 0 aliphatic rings. The molecule has 0 aromatic carbocycles. The van der Waals surface area contributed by atoms with Crippen LogP contribution >= 0.6 is 0 Å². The van der Waals surface area contributed by atoms with Crippen molar-refractivity contribution < 1.29 is 31.0 Å². The Balaban J connectivity index is 4.09. The molecule has 0 bridgehead atoms. The van der Waals surface area contributed by atoms with Gasteiger partial charge in [0.05, 0.1) is 6.85 Å². The van der Waals surface area contributed by atoms with Crippen LogP contribution in [0.25, 0.3) is 0 Å². The topological polar surface area (TPSA) is 72.8 Å². The largest absolute Gasteiger partial charge is 0.463 e. The predicted molar refractivity (Wildman–Crippen MR) is 187 cm³/mol. The number of esters is 2. The molecule has 5 heteroatoms. The number of carbonyl (C=O) groups is 2. The van der Waals surface area contributed by atoms with E-state index in [0.29, 0.717) is 12.8 Å². The molecule has 0 aromatic rings. The van der Waals surface area contributed by atoms with Crippen LogP contribution in [0, 0.1) is 0 Å². The molecule has 0 unspecified atom stereocenters. The summed E-state index contributed by atoms with van der Waals surface area (Å²) in [7, 11) is 0. The second-order valence-corrected chi connectivity index (χ2v) is 12.2.